The van der Waals surface area contributed by atoms with E-state index < -0.39 is 0 Å². The average molecular weight is 962 g/mol. The van der Waals surface area contributed by atoms with E-state index in [1.165, 1.54) is 173 Å². The maximum Gasteiger partial charge on any atom is 0.306 e. The third-order valence-electron chi connectivity index (χ3n) is 14.5. The van der Waals surface area contributed by atoms with Gasteiger partial charge in [0.25, 0.3) is 0 Å². The van der Waals surface area contributed by atoms with Crippen LogP contribution in [0.3, 0.4) is 0 Å². The van der Waals surface area contributed by atoms with Crippen LogP contribution in [0.4, 0.5) is 0 Å². The van der Waals surface area contributed by atoms with Crippen LogP contribution < -0.4 is 0 Å². The largest absolute Gasteiger partial charge is 0.462 e. The first-order valence-corrected chi connectivity index (χ1v) is 30.5. The molecular formula is C61H120N2O5. The molecule has 0 aromatic heterocycles. The fraction of sp³-hybridized carbons (Fsp3) is 0.951. The number of esters is 2. The van der Waals surface area contributed by atoms with Gasteiger partial charge in [-0.2, -0.15) is 0 Å². The third-order valence-corrected chi connectivity index (χ3v) is 14.5. The van der Waals surface area contributed by atoms with Crippen LogP contribution in [0.25, 0.3) is 0 Å². The van der Waals surface area contributed by atoms with Crippen molar-refractivity contribution >= 4 is 17.8 Å². The molecule has 0 aliphatic rings. The van der Waals surface area contributed by atoms with Crippen LogP contribution in [0.5, 0.6) is 0 Å². The summed E-state index contributed by atoms with van der Waals surface area (Å²) in [5.74, 6) is 0.409. The zero-order valence-electron chi connectivity index (χ0n) is 47.1. The van der Waals surface area contributed by atoms with Gasteiger partial charge in [-0.1, -0.05) is 221 Å². The molecule has 7 nitrogen and oxygen atoms in total. The van der Waals surface area contributed by atoms with E-state index in [9.17, 15) is 14.4 Å². The zero-order valence-corrected chi connectivity index (χ0v) is 47.1. The van der Waals surface area contributed by atoms with E-state index in [0.29, 0.717) is 31.2 Å². The first-order chi connectivity index (χ1) is 33.2. The number of carbonyl (C=O) groups is 3. The highest BCUT2D eigenvalue weighted by molar-refractivity contribution is 5.76. The molecule has 404 valence electrons. The molecule has 0 atom stereocenters. The lowest BCUT2D eigenvalue weighted by Crippen LogP contribution is -2.41. The van der Waals surface area contributed by atoms with Gasteiger partial charge in [-0.15, -0.1) is 0 Å². The number of ether oxygens (including phenoxy) is 2. The first-order valence-electron chi connectivity index (χ1n) is 30.5. The normalized spacial score (nSPS) is 11.8. The molecule has 0 aliphatic carbocycles. The van der Waals surface area contributed by atoms with Gasteiger partial charge in [0.15, 0.2) is 0 Å². The Morgan fingerprint density at radius 2 is 0.603 bits per heavy atom. The lowest BCUT2D eigenvalue weighted by molar-refractivity contribution is -0.151. The van der Waals surface area contributed by atoms with Gasteiger partial charge in [0.05, 0.1) is 0 Å². The van der Waals surface area contributed by atoms with Crippen molar-refractivity contribution in [2.24, 2.45) is 0 Å². The second kappa shape index (κ2) is 51.7. The summed E-state index contributed by atoms with van der Waals surface area (Å²) in [6, 6.07) is 0.317. The quantitative estimate of drug-likeness (QED) is 0.0447. The first kappa shape index (κ1) is 66.4. The molecular weight excluding hydrogens is 841 g/mol. The molecule has 0 aromatic carbocycles. The van der Waals surface area contributed by atoms with Crippen LogP contribution in [0.2, 0.25) is 0 Å². The van der Waals surface area contributed by atoms with Crippen molar-refractivity contribution in [1.29, 1.82) is 0 Å². The molecule has 68 heavy (non-hydrogen) atoms. The fourth-order valence-corrected chi connectivity index (χ4v) is 10.00. The minimum absolute atomic E-state index is 0.0137. The van der Waals surface area contributed by atoms with Gasteiger partial charge in [0.2, 0.25) is 5.91 Å². The van der Waals surface area contributed by atoms with Crippen molar-refractivity contribution in [2.45, 2.75) is 348 Å². The molecule has 0 aromatic rings. The van der Waals surface area contributed by atoms with E-state index >= 15 is 0 Å². The second-order valence-electron chi connectivity index (χ2n) is 21.6. The Hall–Kier alpha value is -1.63. The van der Waals surface area contributed by atoms with Crippen LogP contribution in [0.1, 0.15) is 330 Å². The molecule has 0 N–H and O–H groups in total. The molecule has 0 spiro atoms. The molecule has 0 heterocycles. The van der Waals surface area contributed by atoms with Crippen LogP contribution >= 0.6 is 0 Å². The monoisotopic (exact) mass is 961 g/mol. The van der Waals surface area contributed by atoms with Gasteiger partial charge in [-0.25, -0.2) is 0 Å². The maximum absolute atomic E-state index is 14.0. The summed E-state index contributed by atoms with van der Waals surface area (Å²) in [7, 11) is 4.28. The highest BCUT2D eigenvalue weighted by Crippen LogP contribution is 2.23. The average Bonchev–Trinajstić information content (AvgIpc) is 3.32. The predicted octanol–water partition coefficient (Wildman–Crippen LogP) is 18.6. The van der Waals surface area contributed by atoms with Crippen molar-refractivity contribution in [3.8, 4) is 0 Å². The number of hydrogen-bond donors (Lipinski definition) is 0. The summed E-state index contributed by atoms with van der Waals surface area (Å²) < 4.78 is 12.1. The van der Waals surface area contributed by atoms with Crippen molar-refractivity contribution in [1.82, 2.24) is 9.80 Å². The van der Waals surface area contributed by atoms with Gasteiger partial charge in [0, 0.05) is 31.8 Å². The molecule has 0 radical (unpaired) electrons. The summed E-state index contributed by atoms with van der Waals surface area (Å²) >= 11 is 0. The number of unbranched alkanes of at least 4 members (excludes halogenated alkanes) is 29. The van der Waals surface area contributed by atoms with E-state index in [1.807, 2.05) is 0 Å². The van der Waals surface area contributed by atoms with Crippen LogP contribution in [-0.4, -0.2) is 73.1 Å². The summed E-state index contributed by atoms with van der Waals surface area (Å²) in [4.78, 5) is 44.3. The van der Waals surface area contributed by atoms with Gasteiger partial charge in [-0.3, -0.25) is 14.4 Å². The molecule has 0 aliphatic heterocycles. The number of nitrogens with zero attached hydrogens (tertiary/aromatic N) is 2. The standard InChI is InChI=1S/C61H120N2O5/c1-8-13-18-23-24-25-32-41-51-59(64)63(55-44-54-62(6)7)56(45-35-30-26-28-33-42-52-60(65)67-57(47-37-19-14-9-2)48-38-20-15-10-3)46-36-31-27-29-34-43-53-61(66)68-58(49-39-21-16-11-4)50-40-22-17-12-5/h56-58H,8-55H2,1-7H3. The number of hydrogen-bond acceptors (Lipinski definition) is 6. The molecule has 7 heteroatoms. The summed E-state index contributed by atoms with van der Waals surface area (Å²) in [6.07, 6.45) is 52.4. The van der Waals surface area contributed by atoms with Crippen molar-refractivity contribution < 1.29 is 23.9 Å². The van der Waals surface area contributed by atoms with Gasteiger partial charge < -0.3 is 19.3 Å². The molecule has 0 fully saturated rings. The summed E-state index contributed by atoms with van der Waals surface area (Å²) in [6.45, 7) is 13.1. The molecule has 0 saturated heterocycles. The van der Waals surface area contributed by atoms with Gasteiger partial charge >= 0.3 is 11.9 Å². The van der Waals surface area contributed by atoms with E-state index in [1.54, 1.807) is 0 Å². The molecule has 0 bridgehead atoms. The van der Waals surface area contributed by atoms with E-state index in [-0.39, 0.29) is 24.1 Å². The van der Waals surface area contributed by atoms with Crippen LogP contribution in [0.15, 0.2) is 0 Å². The lowest BCUT2D eigenvalue weighted by Gasteiger charge is -2.33. The van der Waals surface area contributed by atoms with E-state index in [2.05, 4.69) is 58.5 Å². The lowest BCUT2D eigenvalue weighted by atomic mass is 9.97. The summed E-state index contributed by atoms with van der Waals surface area (Å²) in [5, 5.41) is 0. The highest BCUT2D eigenvalue weighted by atomic mass is 16.5. The Morgan fingerprint density at radius 3 is 0.941 bits per heavy atom. The Labute approximate surface area is 425 Å². The second-order valence-corrected chi connectivity index (χ2v) is 21.6. The SMILES string of the molecule is CCCCCCCCCCC(=O)N(CCCN(C)C)C(CCCCCCCCC(=O)OC(CCCCCC)CCCCCC)CCCCCCCCC(=O)OC(CCCCCC)CCCCCC. The molecule has 0 rings (SSSR count). The van der Waals surface area contributed by atoms with Crippen LogP contribution in [-0.2, 0) is 23.9 Å². The predicted molar refractivity (Wildman–Crippen MR) is 295 cm³/mol. The van der Waals surface area contributed by atoms with E-state index in [0.717, 1.165) is 116 Å². The number of carbonyl (C=O) groups excluding carboxylic acids is 3. The fourth-order valence-electron chi connectivity index (χ4n) is 10.00. The number of amides is 1. The molecule has 0 saturated carbocycles. The Kier molecular flexibility index (Phi) is 50.5. The minimum Gasteiger partial charge on any atom is -0.462 e. The minimum atomic E-state index is 0.0137. The topological polar surface area (TPSA) is 76.2 Å². The van der Waals surface area contributed by atoms with Crippen molar-refractivity contribution in [3.05, 3.63) is 0 Å². The van der Waals surface area contributed by atoms with Crippen molar-refractivity contribution in [3.63, 3.8) is 0 Å². The maximum atomic E-state index is 14.0. The van der Waals surface area contributed by atoms with Crippen LogP contribution in [0, 0.1) is 0 Å². The van der Waals surface area contributed by atoms with Gasteiger partial charge in [0.1, 0.15) is 12.2 Å². The third kappa shape index (κ3) is 44.3. The molecule has 0 unspecified atom stereocenters. The number of rotatable bonds is 54. The van der Waals surface area contributed by atoms with Gasteiger partial charge in [-0.05, 0) is 111 Å². The molecule has 1 amide bonds. The Morgan fingerprint density at radius 1 is 0.324 bits per heavy atom. The zero-order chi connectivity index (χ0) is 50.0. The Balaban J connectivity index is 5.15. The summed E-state index contributed by atoms with van der Waals surface area (Å²) in [5.41, 5.74) is 0. The highest BCUT2D eigenvalue weighted by Gasteiger charge is 2.23. The Bertz CT molecular complexity index is 1000. The van der Waals surface area contributed by atoms with Crippen molar-refractivity contribution in [2.75, 3.05) is 27.2 Å². The smallest absolute Gasteiger partial charge is 0.306 e. The van der Waals surface area contributed by atoms with E-state index in [4.69, 9.17) is 9.47 Å².